The Morgan fingerprint density at radius 3 is 2.47 bits per heavy atom. The van der Waals surface area contributed by atoms with Crippen LogP contribution in [0.15, 0.2) is 42.5 Å². The lowest BCUT2D eigenvalue weighted by molar-refractivity contribution is -0.122. The Bertz CT molecular complexity index is 616. The number of nitrogen functional groups attached to an aromatic ring is 1. The summed E-state index contributed by atoms with van der Waals surface area (Å²) in [7, 11) is 0. The molecule has 2 aliphatic rings. The first-order valence-electron chi connectivity index (χ1n) is 5.10. The molecule has 0 unspecified atom stereocenters. The van der Waals surface area contributed by atoms with Crippen LogP contribution in [0.2, 0.25) is 0 Å². The molecule has 1 aliphatic carbocycles. The number of aromatic amines is 1. The highest BCUT2D eigenvalue weighted by Crippen LogP contribution is 2.34. The van der Waals surface area contributed by atoms with E-state index in [1.165, 1.54) is 10.9 Å². The maximum atomic E-state index is 8.36. The van der Waals surface area contributed by atoms with E-state index in [9.17, 15) is 0 Å². The molecule has 0 saturated carbocycles. The lowest BCUT2D eigenvalue weighted by atomic mass is 10.1. The zero-order valence-corrected chi connectivity index (χ0v) is 9.05. The van der Waals surface area contributed by atoms with Crippen LogP contribution in [0.25, 0.3) is 22.0 Å². The first kappa shape index (κ1) is 11.0. The van der Waals surface area contributed by atoms with E-state index < -0.39 is 0 Å². The fourth-order valence-electron chi connectivity index (χ4n) is 1.93. The van der Waals surface area contributed by atoms with Gasteiger partial charge in [0, 0.05) is 16.5 Å². The summed E-state index contributed by atoms with van der Waals surface area (Å²) in [4.78, 5) is 11.6. The summed E-state index contributed by atoms with van der Waals surface area (Å²) in [6.07, 6.45) is 0. The first-order chi connectivity index (χ1) is 8.27. The van der Waals surface area contributed by atoms with Crippen LogP contribution in [-0.4, -0.2) is 16.6 Å². The molecule has 0 spiro atoms. The summed E-state index contributed by atoms with van der Waals surface area (Å²) in [6.45, 7) is -0.250. The van der Waals surface area contributed by atoms with E-state index in [1.54, 1.807) is 0 Å². The Morgan fingerprint density at radius 1 is 1.06 bits per heavy atom. The van der Waals surface area contributed by atoms with E-state index in [0.29, 0.717) is 0 Å². The molecule has 0 saturated heterocycles. The number of hydrogen-bond donors (Lipinski definition) is 3. The summed E-state index contributed by atoms with van der Waals surface area (Å²) in [6, 6.07) is 14.4. The SMILES string of the molecule is Nc1[nH]c2ccccc2c2cccc1-2.O=CO. The predicted molar refractivity (Wildman–Crippen MR) is 68.0 cm³/mol. The molecule has 1 aromatic carbocycles. The molecule has 3 rings (SSSR count). The van der Waals surface area contributed by atoms with E-state index in [-0.39, 0.29) is 6.47 Å². The van der Waals surface area contributed by atoms with E-state index in [2.05, 4.69) is 17.1 Å². The van der Waals surface area contributed by atoms with Gasteiger partial charge < -0.3 is 15.8 Å². The smallest absolute Gasteiger partial charge is 0.290 e. The summed E-state index contributed by atoms with van der Waals surface area (Å²) < 4.78 is 0. The summed E-state index contributed by atoms with van der Waals surface area (Å²) in [5.41, 5.74) is 9.32. The minimum atomic E-state index is -0.250. The Balaban J connectivity index is 0.000000329. The Kier molecular flexibility index (Phi) is 2.96. The molecule has 4 nitrogen and oxygen atoms in total. The van der Waals surface area contributed by atoms with Crippen LogP contribution in [0.5, 0.6) is 0 Å². The van der Waals surface area contributed by atoms with Crippen molar-refractivity contribution in [3.63, 3.8) is 0 Å². The number of aromatic nitrogens is 1. The summed E-state index contributed by atoms with van der Waals surface area (Å²) >= 11 is 0. The number of carbonyl (C=O) groups is 1. The molecule has 4 N–H and O–H groups in total. The quantitative estimate of drug-likeness (QED) is 0.517. The van der Waals surface area contributed by atoms with Gasteiger partial charge in [0.25, 0.3) is 6.47 Å². The fourth-order valence-corrected chi connectivity index (χ4v) is 1.93. The molecule has 0 aromatic heterocycles. The standard InChI is InChI=1S/C12H10N2.CH2O2/c13-12-10-6-3-5-8(10)9-4-1-2-7-11(9)14-12;2-1-3/h1-7,14H,13H2;1H,(H,2,3). The second-order valence-electron chi connectivity index (χ2n) is 3.54. The molecule has 1 aliphatic heterocycles. The largest absolute Gasteiger partial charge is 0.483 e. The van der Waals surface area contributed by atoms with Crippen molar-refractivity contribution in [2.75, 3.05) is 5.73 Å². The van der Waals surface area contributed by atoms with Crippen molar-refractivity contribution < 1.29 is 9.90 Å². The van der Waals surface area contributed by atoms with Crippen molar-refractivity contribution in [2.45, 2.75) is 0 Å². The van der Waals surface area contributed by atoms with Gasteiger partial charge in [0.2, 0.25) is 0 Å². The van der Waals surface area contributed by atoms with Crippen LogP contribution in [0, 0.1) is 0 Å². The molecule has 17 heavy (non-hydrogen) atoms. The number of fused-ring (bicyclic) bond motifs is 3. The Hall–Kier alpha value is -2.49. The van der Waals surface area contributed by atoms with Crippen LogP contribution in [0.1, 0.15) is 0 Å². The van der Waals surface area contributed by atoms with Crippen LogP contribution in [0.3, 0.4) is 0 Å². The van der Waals surface area contributed by atoms with Gasteiger partial charge in [0.15, 0.2) is 0 Å². The number of nitrogens with one attached hydrogen (secondary N) is 1. The Morgan fingerprint density at radius 2 is 1.71 bits per heavy atom. The number of benzene rings is 1. The zero-order chi connectivity index (χ0) is 12.3. The highest BCUT2D eigenvalue weighted by Gasteiger charge is 2.09. The molecule has 86 valence electrons. The van der Waals surface area contributed by atoms with E-state index >= 15 is 0 Å². The van der Waals surface area contributed by atoms with E-state index in [1.807, 2.05) is 30.3 Å². The normalized spacial score (nSPS) is 9.88. The minimum absolute atomic E-state index is 0.250. The van der Waals surface area contributed by atoms with E-state index in [4.69, 9.17) is 15.6 Å². The first-order valence-corrected chi connectivity index (χ1v) is 5.10. The molecule has 0 radical (unpaired) electrons. The maximum absolute atomic E-state index is 8.36. The van der Waals surface area contributed by atoms with Crippen molar-refractivity contribution >= 4 is 23.2 Å². The third kappa shape index (κ3) is 1.92. The molecule has 0 atom stereocenters. The van der Waals surface area contributed by atoms with Gasteiger partial charge in [-0.2, -0.15) is 0 Å². The summed E-state index contributed by atoms with van der Waals surface area (Å²) in [5.74, 6) is 0.740. The van der Waals surface area contributed by atoms with Gasteiger partial charge in [-0.25, -0.2) is 0 Å². The topological polar surface area (TPSA) is 79.1 Å². The third-order valence-electron chi connectivity index (χ3n) is 2.59. The van der Waals surface area contributed by atoms with Crippen molar-refractivity contribution in [3.05, 3.63) is 42.5 Å². The van der Waals surface area contributed by atoms with Gasteiger partial charge in [0.05, 0.1) is 0 Å². The van der Waals surface area contributed by atoms with Crippen LogP contribution < -0.4 is 5.73 Å². The molecule has 1 aromatic rings. The number of H-pyrrole nitrogens is 1. The molecule has 0 bridgehead atoms. The van der Waals surface area contributed by atoms with Gasteiger partial charge in [-0.15, -0.1) is 0 Å². The third-order valence-corrected chi connectivity index (χ3v) is 2.59. The zero-order valence-electron chi connectivity index (χ0n) is 9.05. The number of anilines is 1. The molecule has 4 heteroatoms. The van der Waals surface area contributed by atoms with Crippen molar-refractivity contribution in [1.82, 2.24) is 4.98 Å². The van der Waals surface area contributed by atoms with Gasteiger partial charge in [-0.3, -0.25) is 4.79 Å². The summed E-state index contributed by atoms with van der Waals surface area (Å²) in [5, 5.41) is 8.11. The van der Waals surface area contributed by atoms with E-state index in [0.717, 1.165) is 16.9 Å². The number of nitrogens with two attached hydrogens (primary N) is 1. The number of pyridine rings is 1. The molecular formula is C13H12N2O2. The number of rotatable bonds is 0. The molecule has 1 heterocycles. The number of carboxylic acid groups (broad SMARTS) is 1. The van der Waals surface area contributed by atoms with Crippen LogP contribution in [0.4, 0.5) is 5.82 Å². The predicted octanol–water partition coefficient (Wildman–Crippen LogP) is 2.56. The lowest BCUT2D eigenvalue weighted by Gasteiger charge is -2.08. The highest BCUT2D eigenvalue weighted by molar-refractivity contribution is 5.99. The average Bonchev–Trinajstić information content (AvgIpc) is 2.80. The van der Waals surface area contributed by atoms with Crippen LogP contribution >= 0.6 is 0 Å². The number of hydrogen-bond acceptors (Lipinski definition) is 2. The van der Waals surface area contributed by atoms with Gasteiger partial charge in [-0.05, 0) is 11.6 Å². The monoisotopic (exact) mass is 228 g/mol. The second-order valence-corrected chi connectivity index (χ2v) is 3.54. The second kappa shape index (κ2) is 4.57. The minimum Gasteiger partial charge on any atom is -0.483 e. The lowest BCUT2D eigenvalue weighted by Crippen LogP contribution is -1.94. The highest BCUT2D eigenvalue weighted by atomic mass is 16.3. The maximum Gasteiger partial charge on any atom is 0.290 e. The van der Waals surface area contributed by atoms with Gasteiger partial charge >= 0.3 is 0 Å². The van der Waals surface area contributed by atoms with Crippen LogP contribution in [-0.2, 0) is 4.79 Å². The fraction of sp³-hybridized carbons (Fsp3) is 0. The number of para-hydroxylation sites is 1. The molecular weight excluding hydrogens is 216 g/mol. The van der Waals surface area contributed by atoms with Gasteiger partial charge in [0.1, 0.15) is 5.82 Å². The molecule has 0 amide bonds. The van der Waals surface area contributed by atoms with Gasteiger partial charge in [-0.1, -0.05) is 36.4 Å². The average molecular weight is 228 g/mol. The van der Waals surface area contributed by atoms with Crippen molar-refractivity contribution in [3.8, 4) is 11.1 Å². The van der Waals surface area contributed by atoms with Crippen molar-refractivity contribution in [2.24, 2.45) is 0 Å². The molecule has 0 fully saturated rings. The van der Waals surface area contributed by atoms with Crippen molar-refractivity contribution in [1.29, 1.82) is 0 Å². The Labute approximate surface area is 98.0 Å².